The fraction of sp³-hybridized carbons (Fsp3) is 0.935. The molecular weight excluding hydrogens is 563 g/mol. The van der Waals surface area contributed by atoms with E-state index in [1.165, 1.54) is 57.8 Å². The monoisotopic (exact) mass is 624 g/mol. The molecule has 11 heteroatoms. The van der Waals surface area contributed by atoms with Gasteiger partial charge in [0.15, 0.2) is 6.10 Å². The van der Waals surface area contributed by atoms with Crippen LogP contribution >= 0.6 is 7.82 Å². The second-order valence-electron chi connectivity index (χ2n) is 11.2. The Hall–Kier alpha value is -1.03. The van der Waals surface area contributed by atoms with E-state index >= 15 is 0 Å². The molecule has 0 aliphatic rings. The minimum absolute atomic E-state index is 0.186. The molecule has 0 spiro atoms. The average molecular weight is 625 g/mol. The highest BCUT2D eigenvalue weighted by Gasteiger charge is 2.27. The Kier molecular flexibility index (Phi) is 28.0. The molecule has 0 saturated carbocycles. The van der Waals surface area contributed by atoms with Gasteiger partial charge in [-0.2, -0.15) is 0 Å². The number of hydrogen-bond acceptors (Lipinski definition) is 9. The number of carbonyl (C=O) groups excluding carboxylic acids is 2. The van der Waals surface area contributed by atoms with Crippen LogP contribution in [0.5, 0.6) is 0 Å². The summed E-state index contributed by atoms with van der Waals surface area (Å²) in [5.41, 5.74) is 0. The summed E-state index contributed by atoms with van der Waals surface area (Å²) in [7, 11) is -4.59. The number of aliphatic hydroxyl groups is 2. The maximum Gasteiger partial charge on any atom is 0.472 e. The van der Waals surface area contributed by atoms with E-state index in [0.717, 1.165) is 51.4 Å². The van der Waals surface area contributed by atoms with E-state index < -0.39 is 51.8 Å². The molecular formula is C31H61O10P. The fourth-order valence-corrected chi connectivity index (χ4v) is 5.19. The SMILES string of the molecule is CCCCCCCCCCCCCCCC(=O)OC[C@@H](COP(=O)(O)OC[C@H](O)CO)OC(=O)CCCCCCCC. The van der Waals surface area contributed by atoms with Crippen LogP contribution in [0.15, 0.2) is 0 Å². The lowest BCUT2D eigenvalue weighted by molar-refractivity contribution is -0.161. The molecule has 0 fully saturated rings. The van der Waals surface area contributed by atoms with Crippen LogP contribution in [0.1, 0.15) is 149 Å². The fourth-order valence-electron chi connectivity index (χ4n) is 4.40. The van der Waals surface area contributed by atoms with Crippen molar-refractivity contribution in [3.63, 3.8) is 0 Å². The Morgan fingerprint density at radius 3 is 1.48 bits per heavy atom. The van der Waals surface area contributed by atoms with Crippen molar-refractivity contribution >= 4 is 19.8 Å². The molecule has 0 rings (SSSR count). The number of phosphoric acid groups is 1. The van der Waals surface area contributed by atoms with E-state index in [1.807, 2.05) is 0 Å². The Labute approximate surface area is 254 Å². The number of unbranched alkanes of at least 4 members (excludes halogenated alkanes) is 17. The van der Waals surface area contributed by atoms with Gasteiger partial charge < -0.3 is 24.6 Å². The third-order valence-electron chi connectivity index (χ3n) is 7.01. The topological polar surface area (TPSA) is 149 Å². The molecule has 0 bridgehead atoms. The van der Waals surface area contributed by atoms with Gasteiger partial charge in [0, 0.05) is 12.8 Å². The predicted molar refractivity (Wildman–Crippen MR) is 164 cm³/mol. The van der Waals surface area contributed by atoms with Crippen LogP contribution in [0.3, 0.4) is 0 Å². The van der Waals surface area contributed by atoms with Crippen molar-refractivity contribution in [1.82, 2.24) is 0 Å². The molecule has 0 radical (unpaired) electrons. The summed E-state index contributed by atoms with van der Waals surface area (Å²) in [6, 6.07) is 0. The third-order valence-corrected chi connectivity index (χ3v) is 7.96. The molecule has 3 N–H and O–H groups in total. The van der Waals surface area contributed by atoms with Crippen LogP contribution in [-0.4, -0.2) is 65.7 Å². The predicted octanol–water partition coefficient (Wildman–Crippen LogP) is 7.16. The molecule has 10 nitrogen and oxygen atoms in total. The zero-order valence-electron chi connectivity index (χ0n) is 26.5. The van der Waals surface area contributed by atoms with Gasteiger partial charge in [-0.1, -0.05) is 123 Å². The van der Waals surface area contributed by atoms with Crippen molar-refractivity contribution in [2.75, 3.05) is 26.4 Å². The second-order valence-corrected chi connectivity index (χ2v) is 12.7. The van der Waals surface area contributed by atoms with Crippen molar-refractivity contribution in [2.45, 2.75) is 161 Å². The van der Waals surface area contributed by atoms with Crippen molar-refractivity contribution in [1.29, 1.82) is 0 Å². The first-order chi connectivity index (χ1) is 20.2. The molecule has 0 saturated heterocycles. The maximum absolute atomic E-state index is 12.3. The molecule has 1 unspecified atom stereocenters. The summed E-state index contributed by atoms with van der Waals surface area (Å²) in [5, 5.41) is 18.1. The number of hydrogen-bond donors (Lipinski definition) is 3. The van der Waals surface area contributed by atoms with Gasteiger partial charge in [-0.05, 0) is 12.8 Å². The summed E-state index contributed by atoms with van der Waals surface area (Å²) in [4.78, 5) is 34.4. The molecule has 0 aromatic heterocycles. The van der Waals surface area contributed by atoms with Crippen molar-refractivity contribution in [3.05, 3.63) is 0 Å². The first-order valence-electron chi connectivity index (χ1n) is 16.5. The summed E-state index contributed by atoms with van der Waals surface area (Å²) in [6.07, 6.45) is 19.7. The number of esters is 2. The average Bonchev–Trinajstić information content (AvgIpc) is 2.97. The van der Waals surface area contributed by atoms with Crippen LogP contribution in [-0.2, 0) is 32.7 Å². The molecule has 0 aliphatic carbocycles. The van der Waals surface area contributed by atoms with Gasteiger partial charge in [0.1, 0.15) is 12.7 Å². The Bertz CT molecular complexity index is 691. The molecule has 0 aromatic rings. The summed E-state index contributed by atoms with van der Waals surface area (Å²) < 4.78 is 32.3. The van der Waals surface area contributed by atoms with Gasteiger partial charge in [0.2, 0.25) is 0 Å². The van der Waals surface area contributed by atoms with Gasteiger partial charge >= 0.3 is 19.8 Å². The third kappa shape index (κ3) is 27.8. The first kappa shape index (κ1) is 41.0. The summed E-state index contributed by atoms with van der Waals surface area (Å²) in [5.74, 6) is -0.930. The molecule has 250 valence electrons. The van der Waals surface area contributed by atoms with Crippen molar-refractivity contribution in [3.8, 4) is 0 Å². The normalized spacial score (nSPS) is 14.3. The van der Waals surface area contributed by atoms with E-state index in [4.69, 9.17) is 19.1 Å². The minimum atomic E-state index is -4.59. The van der Waals surface area contributed by atoms with Crippen molar-refractivity contribution < 1.29 is 47.8 Å². The van der Waals surface area contributed by atoms with Gasteiger partial charge in [0.05, 0.1) is 19.8 Å². The van der Waals surface area contributed by atoms with Gasteiger partial charge in [-0.3, -0.25) is 18.6 Å². The first-order valence-corrected chi connectivity index (χ1v) is 18.0. The highest BCUT2D eigenvalue weighted by molar-refractivity contribution is 7.47. The highest BCUT2D eigenvalue weighted by atomic mass is 31.2. The Morgan fingerprint density at radius 1 is 0.619 bits per heavy atom. The van der Waals surface area contributed by atoms with Crippen LogP contribution < -0.4 is 0 Å². The Balaban J connectivity index is 4.32. The molecule has 42 heavy (non-hydrogen) atoms. The number of rotatable bonds is 31. The standard InChI is InChI=1S/C31H61O10P/c1-3-5-7-9-11-12-13-14-15-16-17-19-20-22-30(34)38-26-29(27-40-42(36,37)39-25-28(33)24-32)41-31(35)23-21-18-10-8-6-4-2/h28-29,32-33H,3-27H2,1-2H3,(H,36,37)/t28-,29+/m1/s1. The van der Waals surface area contributed by atoms with Gasteiger partial charge in [0.25, 0.3) is 0 Å². The molecule has 3 atom stereocenters. The van der Waals surface area contributed by atoms with Crippen LogP contribution in [0.25, 0.3) is 0 Å². The lowest BCUT2D eigenvalue weighted by Gasteiger charge is -2.20. The lowest BCUT2D eigenvalue weighted by atomic mass is 10.0. The molecule has 0 aromatic carbocycles. The zero-order chi connectivity index (χ0) is 31.3. The second kappa shape index (κ2) is 28.7. The highest BCUT2D eigenvalue weighted by Crippen LogP contribution is 2.43. The maximum atomic E-state index is 12.3. The molecule has 0 heterocycles. The quantitative estimate of drug-likeness (QED) is 0.0412. The number of ether oxygens (including phenoxy) is 2. The number of aliphatic hydroxyl groups excluding tert-OH is 2. The van der Waals surface area contributed by atoms with Gasteiger partial charge in [-0.25, -0.2) is 4.57 Å². The van der Waals surface area contributed by atoms with Crippen molar-refractivity contribution in [2.24, 2.45) is 0 Å². The van der Waals surface area contributed by atoms with Crippen LogP contribution in [0.4, 0.5) is 0 Å². The van der Waals surface area contributed by atoms with E-state index in [9.17, 15) is 24.2 Å². The zero-order valence-corrected chi connectivity index (χ0v) is 27.4. The van der Waals surface area contributed by atoms with E-state index in [2.05, 4.69) is 18.4 Å². The summed E-state index contributed by atoms with van der Waals surface area (Å²) >= 11 is 0. The molecule has 0 amide bonds. The van der Waals surface area contributed by atoms with E-state index in [1.54, 1.807) is 0 Å². The number of carbonyl (C=O) groups is 2. The Morgan fingerprint density at radius 2 is 1.02 bits per heavy atom. The minimum Gasteiger partial charge on any atom is -0.462 e. The van der Waals surface area contributed by atoms with E-state index in [-0.39, 0.29) is 19.4 Å². The smallest absolute Gasteiger partial charge is 0.462 e. The van der Waals surface area contributed by atoms with Crippen LogP contribution in [0.2, 0.25) is 0 Å². The van der Waals surface area contributed by atoms with Gasteiger partial charge in [-0.15, -0.1) is 0 Å². The van der Waals surface area contributed by atoms with Crippen LogP contribution in [0, 0.1) is 0 Å². The van der Waals surface area contributed by atoms with E-state index in [0.29, 0.717) is 12.8 Å². The molecule has 0 aliphatic heterocycles. The lowest BCUT2D eigenvalue weighted by Crippen LogP contribution is -2.29. The number of phosphoric ester groups is 1. The largest absolute Gasteiger partial charge is 0.472 e. The summed E-state index contributed by atoms with van der Waals surface area (Å²) in [6.45, 7) is 2.28.